The monoisotopic (exact) mass is 331 g/mol. The van der Waals surface area contributed by atoms with Gasteiger partial charge in [-0.15, -0.1) is 0 Å². The van der Waals surface area contributed by atoms with Crippen LogP contribution in [0.1, 0.15) is 37.3 Å². The summed E-state index contributed by atoms with van der Waals surface area (Å²) in [5.41, 5.74) is 7.16. The third kappa shape index (κ3) is 2.76. The lowest BCUT2D eigenvalue weighted by Gasteiger charge is -2.24. The maximum Gasteiger partial charge on any atom is 0.0760 e. The minimum Gasteiger partial charge on any atom is -0.391 e. The Morgan fingerprint density at radius 2 is 1.75 bits per heavy atom. The first-order valence-electron chi connectivity index (χ1n) is 5.87. The molecular weight excluding hydrogens is 313 g/mol. The minimum atomic E-state index is -0.387. The van der Waals surface area contributed by atoms with Gasteiger partial charge in [-0.05, 0) is 59.0 Å². The fourth-order valence-electron chi connectivity index (χ4n) is 2.47. The summed E-state index contributed by atoms with van der Waals surface area (Å²) in [6.07, 6.45) is 4.34. The highest BCUT2D eigenvalue weighted by Gasteiger charge is 2.28. The number of hydrogen-bond donors (Lipinski definition) is 2. The van der Waals surface area contributed by atoms with Gasteiger partial charge in [0, 0.05) is 3.57 Å². The molecule has 16 heavy (non-hydrogen) atoms. The molecule has 0 saturated heterocycles. The van der Waals surface area contributed by atoms with Crippen LogP contribution in [-0.4, -0.2) is 11.2 Å². The predicted molar refractivity (Wildman–Crippen MR) is 74.1 cm³/mol. The van der Waals surface area contributed by atoms with Crippen molar-refractivity contribution in [2.45, 2.75) is 37.8 Å². The lowest BCUT2D eigenvalue weighted by molar-refractivity contribution is 0.0845. The molecular formula is C13H18INO. The van der Waals surface area contributed by atoms with Crippen molar-refractivity contribution in [2.75, 3.05) is 0 Å². The number of aliphatic hydroxyl groups excluding tert-OH is 1. The van der Waals surface area contributed by atoms with E-state index in [0.717, 1.165) is 18.4 Å². The Bertz CT molecular complexity index is 332. The standard InChI is InChI=1S/C13H18INO/c14-11-7-5-9(6-8-11)12(15)13(16)10-3-1-2-4-10/h5-8,10,12-13,16H,1-4,15H2/t12-,13+/m1/s1. The molecule has 2 rings (SSSR count). The van der Waals surface area contributed by atoms with E-state index < -0.39 is 0 Å². The van der Waals surface area contributed by atoms with Gasteiger partial charge in [-0.25, -0.2) is 0 Å². The van der Waals surface area contributed by atoms with E-state index in [0.29, 0.717) is 5.92 Å². The van der Waals surface area contributed by atoms with E-state index in [2.05, 4.69) is 22.6 Å². The summed E-state index contributed by atoms with van der Waals surface area (Å²) in [7, 11) is 0. The van der Waals surface area contributed by atoms with Crippen molar-refractivity contribution in [1.29, 1.82) is 0 Å². The Kier molecular flexibility index (Phi) is 4.21. The van der Waals surface area contributed by atoms with Crippen LogP contribution in [0.4, 0.5) is 0 Å². The summed E-state index contributed by atoms with van der Waals surface area (Å²) in [4.78, 5) is 0. The molecule has 3 heteroatoms. The van der Waals surface area contributed by atoms with Crippen molar-refractivity contribution in [3.63, 3.8) is 0 Å². The van der Waals surface area contributed by atoms with Crippen molar-refractivity contribution in [3.8, 4) is 0 Å². The number of hydrogen-bond acceptors (Lipinski definition) is 2. The molecule has 0 amide bonds. The average Bonchev–Trinajstić information content (AvgIpc) is 2.81. The van der Waals surface area contributed by atoms with Crippen LogP contribution < -0.4 is 5.73 Å². The molecule has 0 aromatic heterocycles. The summed E-state index contributed by atoms with van der Waals surface area (Å²) in [5.74, 6) is 0.397. The zero-order valence-corrected chi connectivity index (χ0v) is 11.4. The van der Waals surface area contributed by atoms with Gasteiger partial charge in [0.25, 0.3) is 0 Å². The van der Waals surface area contributed by atoms with Crippen molar-refractivity contribution >= 4 is 22.6 Å². The molecule has 2 atom stereocenters. The largest absolute Gasteiger partial charge is 0.391 e. The smallest absolute Gasteiger partial charge is 0.0760 e. The molecule has 0 spiro atoms. The van der Waals surface area contributed by atoms with E-state index in [1.54, 1.807) is 0 Å². The number of benzene rings is 1. The molecule has 3 N–H and O–H groups in total. The third-order valence-electron chi connectivity index (χ3n) is 3.51. The molecule has 88 valence electrons. The summed E-state index contributed by atoms with van der Waals surface area (Å²) in [6, 6.07) is 7.88. The van der Waals surface area contributed by atoms with E-state index in [-0.39, 0.29) is 12.1 Å². The Hall–Kier alpha value is -0.130. The quantitative estimate of drug-likeness (QED) is 0.837. The van der Waals surface area contributed by atoms with Crippen LogP contribution in [0, 0.1) is 9.49 Å². The Morgan fingerprint density at radius 1 is 1.19 bits per heavy atom. The maximum absolute atomic E-state index is 10.2. The summed E-state index contributed by atoms with van der Waals surface area (Å²) < 4.78 is 1.20. The first-order valence-corrected chi connectivity index (χ1v) is 6.95. The van der Waals surface area contributed by atoms with Crippen LogP contribution in [-0.2, 0) is 0 Å². The average molecular weight is 331 g/mol. The summed E-state index contributed by atoms with van der Waals surface area (Å²) in [5, 5.41) is 10.2. The molecule has 0 unspecified atom stereocenters. The number of aliphatic hydroxyl groups is 1. The normalized spacial score (nSPS) is 20.9. The lowest BCUT2D eigenvalue weighted by Crippen LogP contribution is -2.31. The van der Waals surface area contributed by atoms with Gasteiger partial charge < -0.3 is 10.8 Å². The van der Waals surface area contributed by atoms with E-state index >= 15 is 0 Å². The summed E-state index contributed by atoms with van der Waals surface area (Å²) in [6.45, 7) is 0. The molecule has 0 aliphatic heterocycles. The zero-order valence-electron chi connectivity index (χ0n) is 9.27. The molecule has 0 heterocycles. The van der Waals surface area contributed by atoms with Gasteiger partial charge in [0.2, 0.25) is 0 Å². The van der Waals surface area contributed by atoms with Gasteiger partial charge in [0.1, 0.15) is 0 Å². The zero-order chi connectivity index (χ0) is 11.5. The van der Waals surface area contributed by atoms with Crippen molar-refractivity contribution in [3.05, 3.63) is 33.4 Å². The highest BCUT2D eigenvalue weighted by atomic mass is 127. The maximum atomic E-state index is 10.2. The van der Waals surface area contributed by atoms with Gasteiger partial charge in [0.15, 0.2) is 0 Å². The summed E-state index contributed by atoms with van der Waals surface area (Å²) >= 11 is 2.27. The molecule has 1 fully saturated rings. The van der Waals surface area contributed by atoms with Crippen LogP contribution in [0.3, 0.4) is 0 Å². The van der Waals surface area contributed by atoms with Gasteiger partial charge >= 0.3 is 0 Å². The first-order chi connectivity index (χ1) is 7.68. The Balaban J connectivity index is 2.05. The molecule has 1 aromatic rings. The second-order valence-corrected chi connectivity index (χ2v) is 5.86. The van der Waals surface area contributed by atoms with Crippen LogP contribution in [0.25, 0.3) is 0 Å². The highest BCUT2D eigenvalue weighted by molar-refractivity contribution is 14.1. The minimum absolute atomic E-state index is 0.236. The second-order valence-electron chi connectivity index (χ2n) is 4.61. The molecule has 1 aliphatic rings. The second kappa shape index (κ2) is 5.47. The van der Waals surface area contributed by atoms with Crippen molar-refractivity contribution in [2.24, 2.45) is 11.7 Å². The SMILES string of the molecule is N[C@H](c1ccc(I)cc1)[C@@H](O)C1CCCC1. The molecule has 1 saturated carbocycles. The molecule has 1 aliphatic carbocycles. The van der Waals surface area contributed by atoms with Crippen LogP contribution in [0.15, 0.2) is 24.3 Å². The van der Waals surface area contributed by atoms with E-state index in [1.807, 2.05) is 24.3 Å². The van der Waals surface area contributed by atoms with Crippen LogP contribution >= 0.6 is 22.6 Å². The highest BCUT2D eigenvalue weighted by Crippen LogP contribution is 2.32. The van der Waals surface area contributed by atoms with E-state index in [9.17, 15) is 5.11 Å². The molecule has 0 bridgehead atoms. The number of nitrogens with two attached hydrogens (primary N) is 1. The molecule has 1 aromatic carbocycles. The Morgan fingerprint density at radius 3 is 2.31 bits per heavy atom. The van der Waals surface area contributed by atoms with Crippen LogP contribution in [0.5, 0.6) is 0 Å². The lowest BCUT2D eigenvalue weighted by atomic mass is 9.91. The van der Waals surface area contributed by atoms with E-state index in [4.69, 9.17) is 5.73 Å². The predicted octanol–water partition coefficient (Wildman–Crippen LogP) is 2.84. The fraction of sp³-hybridized carbons (Fsp3) is 0.538. The number of halogens is 1. The van der Waals surface area contributed by atoms with E-state index in [1.165, 1.54) is 16.4 Å². The van der Waals surface area contributed by atoms with Crippen molar-refractivity contribution in [1.82, 2.24) is 0 Å². The van der Waals surface area contributed by atoms with Gasteiger partial charge in [0.05, 0.1) is 12.1 Å². The number of rotatable bonds is 3. The third-order valence-corrected chi connectivity index (χ3v) is 4.22. The molecule has 0 radical (unpaired) electrons. The van der Waals surface area contributed by atoms with Gasteiger partial charge in [-0.3, -0.25) is 0 Å². The topological polar surface area (TPSA) is 46.2 Å². The fourth-order valence-corrected chi connectivity index (χ4v) is 2.83. The molecule has 2 nitrogen and oxygen atoms in total. The van der Waals surface area contributed by atoms with Crippen molar-refractivity contribution < 1.29 is 5.11 Å². The van der Waals surface area contributed by atoms with Crippen LogP contribution in [0.2, 0.25) is 0 Å². The van der Waals surface area contributed by atoms with Gasteiger partial charge in [-0.1, -0.05) is 25.0 Å². The van der Waals surface area contributed by atoms with Gasteiger partial charge in [-0.2, -0.15) is 0 Å². The Labute approximate surface area is 110 Å². The first kappa shape index (κ1) is 12.3.